The third-order valence-corrected chi connectivity index (χ3v) is 2.54. The van der Waals surface area contributed by atoms with Crippen molar-refractivity contribution in [3.05, 3.63) is 66.1 Å². The Hall–Kier alpha value is -1.96. The van der Waals surface area contributed by atoms with Crippen LogP contribution in [0.25, 0.3) is 0 Å². The van der Waals surface area contributed by atoms with Crippen LogP contribution in [0.1, 0.15) is 11.1 Å². The summed E-state index contributed by atoms with van der Waals surface area (Å²) in [4.78, 5) is 0. The van der Waals surface area contributed by atoms with E-state index in [1.807, 2.05) is 36.4 Å². The molecule has 2 aromatic rings. The predicted molar refractivity (Wildman–Crippen MR) is 68.5 cm³/mol. The van der Waals surface area contributed by atoms with E-state index < -0.39 is 0 Å². The molecular formula is C15H15O2. The fourth-order valence-electron chi connectivity index (χ4n) is 1.68. The predicted octanol–water partition coefficient (Wildman–Crippen LogP) is 3.30. The lowest BCUT2D eigenvalue weighted by Crippen LogP contribution is -1.92. The summed E-state index contributed by atoms with van der Waals surface area (Å²) >= 11 is 0. The average Bonchev–Trinajstić information content (AvgIpc) is 2.40. The third kappa shape index (κ3) is 2.78. The fraction of sp³-hybridized carbons (Fsp3) is 0.133. The highest BCUT2D eigenvalue weighted by Crippen LogP contribution is 2.28. The molecule has 1 radical (unpaired) electrons. The SMILES string of the molecule is COc1ccc([CH]c2ccccc2)cc1OC. The molecule has 0 aliphatic carbocycles. The van der Waals surface area contributed by atoms with Crippen LogP contribution in [0.4, 0.5) is 0 Å². The molecule has 0 spiro atoms. The van der Waals surface area contributed by atoms with E-state index in [1.165, 1.54) is 5.56 Å². The van der Waals surface area contributed by atoms with Crippen molar-refractivity contribution in [1.29, 1.82) is 0 Å². The molecule has 2 nitrogen and oxygen atoms in total. The van der Waals surface area contributed by atoms with Crippen molar-refractivity contribution in [2.75, 3.05) is 14.2 Å². The van der Waals surface area contributed by atoms with E-state index in [2.05, 4.69) is 18.6 Å². The molecule has 0 amide bonds. The van der Waals surface area contributed by atoms with Gasteiger partial charge < -0.3 is 9.47 Å². The summed E-state index contributed by atoms with van der Waals surface area (Å²) in [6, 6.07) is 16.1. The molecule has 0 aromatic heterocycles. The summed E-state index contributed by atoms with van der Waals surface area (Å²) in [6.45, 7) is 0. The minimum Gasteiger partial charge on any atom is -0.493 e. The number of ether oxygens (including phenoxy) is 2. The second-order valence-electron chi connectivity index (χ2n) is 3.67. The molecule has 0 heterocycles. The standard InChI is InChI=1S/C15H15O2/c1-16-14-9-8-13(11-15(14)17-2)10-12-6-4-3-5-7-12/h3-11H,1-2H3. The minimum absolute atomic E-state index is 0.747. The number of rotatable bonds is 4. The fourth-order valence-corrected chi connectivity index (χ4v) is 1.68. The molecule has 17 heavy (non-hydrogen) atoms. The highest BCUT2D eigenvalue weighted by Gasteiger charge is 2.05. The maximum absolute atomic E-state index is 5.27. The van der Waals surface area contributed by atoms with Gasteiger partial charge in [0.2, 0.25) is 0 Å². The molecular weight excluding hydrogens is 212 g/mol. The van der Waals surface area contributed by atoms with Crippen LogP contribution in [0.2, 0.25) is 0 Å². The van der Waals surface area contributed by atoms with Crippen molar-refractivity contribution in [1.82, 2.24) is 0 Å². The number of hydrogen-bond acceptors (Lipinski definition) is 2. The Morgan fingerprint density at radius 2 is 1.47 bits per heavy atom. The molecule has 0 unspecified atom stereocenters. The van der Waals surface area contributed by atoms with Gasteiger partial charge in [-0.2, -0.15) is 0 Å². The van der Waals surface area contributed by atoms with Gasteiger partial charge in [-0.25, -0.2) is 0 Å². The summed E-state index contributed by atoms with van der Waals surface area (Å²) in [5.74, 6) is 1.50. The summed E-state index contributed by atoms with van der Waals surface area (Å²) in [7, 11) is 3.28. The van der Waals surface area contributed by atoms with Gasteiger partial charge >= 0.3 is 0 Å². The molecule has 0 atom stereocenters. The van der Waals surface area contributed by atoms with Crippen LogP contribution in [0, 0.1) is 6.42 Å². The molecule has 0 bridgehead atoms. The molecule has 2 rings (SSSR count). The highest BCUT2D eigenvalue weighted by atomic mass is 16.5. The van der Waals surface area contributed by atoms with Gasteiger partial charge in [-0.05, 0) is 23.3 Å². The maximum Gasteiger partial charge on any atom is 0.161 e. The third-order valence-electron chi connectivity index (χ3n) is 2.54. The molecule has 0 aliphatic rings. The number of methoxy groups -OCH3 is 2. The Balaban J connectivity index is 2.22. The van der Waals surface area contributed by atoms with Crippen LogP contribution < -0.4 is 9.47 Å². The van der Waals surface area contributed by atoms with E-state index in [1.54, 1.807) is 14.2 Å². The quantitative estimate of drug-likeness (QED) is 0.797. The van der Waals surface area contributed by atoms with Crippen molar-refractivity contribution < 1.29 is 9.47 Å². The Kier molecular flexibility index (Phi) is 3.66. The first-order valence-corrected chi connectivity index (χ1v) is 5.45. The molecule has 2 aromatic carbocycles. The minimum atomic E-state index is 0.747. The summed E-state index contributed by atoms with van der Waals surface area (Å²) < 4.78 is 10.5. The van der Waals surface area contributed by atoms with Crippen LogP contribution in [0.15, 0.2) is 48.5 Å². The van der Waals surface area contributed by atoms with Gasteiger partial charge in [-0.15, -0.1) is 0 Å². The van der Waals surface area contributed by atoms with Crippen molar-refractivity contribution >= 4 is 0 Å². The van der Waals surface area contributed by atoms with E-state index in [-0.39, 0.29) is 0 Å². The smallest absolute Gasteiger partial charge is 0.161 e. The zero-order valence-electron chi connectivity index (χ0n) is 10.0. The van der Waals surface area contributed by atoms with Gasteiger partial charge in [0.25, 0.3) is 0 Å². The Morgan fingerprint density at radius 1 is 0.765 bits per heavy atom. The van der Waals surface area contributed by atoms with Crippen LogP contribution in [0.3, 0.4) is 0 Å². The van der Waals surface area contributed by atoms with E-state index in [9.17, 15) is 0 Å². The van der Waals surface area contributed by atoms with Gasteiger partial charge in [-0.3, -0.25) is 0 Å². The first kappa shape index (κ1) is 11.5. The number of benzene rings is 2. The largest absolute Gasteiger partial charge is 0.493 e. The lowest BCUT2D eigenvalue weighted by Gasteiger charge is -2.09. The lowest BCUT2D eigenvalue weighted by molar-refractivity contribution is 0.355. The van der Waals surface area contributed by atoms with Gasteiger partial charge in [0.1, 0.15) is 0 Å². The monoisotopic (exact) mass is 227 g/mol. The van der Waals surface area contributed by atoms with Crippen molar-refractivity contribution in [2.24, 2.45) is 0 Å². The molecule has 0 saturated heterocycles. The second kappa shape index (κ2) is 5.39. The summed E-state index contributed by atoms with van der Waals surface area (Å²) in [5.41, 5.74) is 2.26. The second-order valence-corrected chi connectivity index (χ2v) is 3.67. The first-order valence-electron chi connectivity index (χ1n) is 5.45. The normalized spacial score (nSPS) is 10.0. The van der Waals surface area contributed by atoms with Crippen molar-refractivity contribution in [2.45, 2.75) is 0 Å². The topological polar surface area (TPSA) is 18.5 Å². The van der Waals surface area contributed by atoms with E-state index >= 15 is 0 Å². The van der Waals surface area contributed by atoms with E-state index in [4.69, 9.17) is 9.47 Å². The lowest BCUT2D eigenvalue weighted by atomic mass is 10.0. The zero-order valence-corrected chi connectivity index (χ0v) is 10.0. The Bertz CT molecular complexity index is 478. The first-order chi connectivity index (χ1) is 8.33. The number of hydrogen-bond donors (Lipinski definition) is 0. The molecule has 0 aliphatic heterocycles. The zero-order chi connectivity index (χ0) is 12.1. The van der Waals surface area contributed by atoms with Crippen LogP contribution >= 0.6 is 0 Å². The van der Waals surface area contributed by atoms with Crippen molar-refractivity contribution in [3.8, 4) is 11.5 Å². The summed E-state index contributed by atoms with van der Waals surface area (Å²) in [5, 5.41) is 0. The summed E-state index contributed by atoms with van der Waals surface area (Å²) in [6.07, 6.45) is 2.10. The van der Waals surface area contributed by atoms with Gasteiger partial charge in [0.15, 0.2) is 11.5 Å². The van der Waals surface area contributed by atoms with Gasteiger partial charge in [0, 0.05) is 6.42 Å². The molecule has 0 saturated carbocycles. The Morgan fingerprint density at radius 3 is 2.12 bits per heavy atom. The van der Waals surface area contributed by atoms with E-state index in [0.29, 0.717) is 0 Å². The van der Waals surface area contributed by atoms with Gasteiger partial charge in [0.05, 0.1) is 14.2 Å². The van der Waals surface area contributed by atoms with Crippen LogP contribution in [-0.2, 0) is 0 Å². The van der Waals surface area contributed by atoms with E-state index in [0.717, 1.165) is 17.1 Å². The highest BCUT2D eigenvalue weighted by molar-refractivity contribution is 5.47. The molecule has 87 valence electrons. The molecule has 2 heteroatoms. The average molecular weight is 227 g/mol. The maximum atomic E-state index is 5.27. The van der Waals surface area contributed by atoms with Gasteiger partial charge in [-0.1, -0.05) is 36.4 Å². The Labute approximate surface area is 102 Å². The molecule has 0 N–H and O–H groups in total. The van der Waals surface area contributed by atoms with Crippen molar-refractivity contribution in [3.63, 3.8) is 0 Å². The van der Waals surface area contributed by atoms with Crippen LogP contribution in [-0.4, -0.2) is 14.2 Å². The molecule has 0 fully saturated rings. The van der Waals surface area contributed by atoms with Crippen LogP contribution in [0.5, 0.6) is 11.5 Å².